The number of anilines is 2. The summed E-state index contributed by atoms with van der Waals surface area (Å²) < 4.78 is 12.9. The highest BCUT2D eigenvalue weighted by molar-refractivity contribution is 6.33. The van der Waals surface area contributed by atoms with Gasteiger partial charge >= 0.3 is 0 Å². The molecule has 3 nitrogen and oxygen atoms in total. The molecule has 1 amide bonds. The zero-order valence-electron chi connectivity index (χ0n) is 11.6. The predicted octanol–water partition coefficient (Wildman–Crippen LogP) is 3.94. The standard InChI is InChI=1S/C16H16ClFN2O/c1-2-20(13-9-7-12(18)8-10-13)16(21)11-19-15-6-4-3-5-14(15)17/h3-10,19H,2,11H2,1H3. The molecule has 0 aromatic heterocycles. The van der Waals surface area contributed by atoms with Crippen LogP contribution in [0.4, 0.5) is 15.8 Å². The summed E-state index contributed by atoms with van der Waals surface area (Å²) in [4.78, 5) is 13.9. The Bertz CT molecular complexity index is 616. The molecule has 0 saturated carbocycles. The molecule has 2 aromatic carbocycles. The molecule has 0 saturated heterocycles. The highest BCUT2D eigenvalue weighted by Gasteiger charge is 2.14. The van der Waals surface area contributed by atoms with E-state index >= 15 is 0 Å². The van der Waals surface area contributed by atoms with Gasteiger partial charge in [-0.2, -0.15) is 0 Å². The van der Waals surface area contributed by atoms with Crippen LogP contribution in [0.5, 0.6) is 0 Å². The predicted molar refractivity (Wildman–Crippen MR) is 84.4 cm³/mol. The molecule has 21 heavy (non-hydrogen) atoms. The van der Waals surface area contributed by atoms with E-state index in [-0.39, 0.29) is 18.3 Å². The molecule has 110 valence electrons. The lowest BCUT2D eigenvalue weighted by molar-refractivity contribution is -0.116. The number of likely N-dealkylation sites (N-methyl/N-ethyl adjacent to an activating group) is 1. The minimum absolute atomic E-state index is 0.107. The molecular formula is C16H16ClFN2O. The number of nitrogens with zero attached hydrogens (tertiary/aromatic N) is 1. The highest BCUT2D eigenvalue weighted by Crippen LogP contribution is 2.20. The van der Waals surface area contributed by atoms with Gasteiger partial charge in [0.05, 0.1) is 17.3 Å². The van der Waals surface area contributed by atoms with E-state index in [1.165, 1.54) is 12.1 Å². The highest BCUT2D eigenvalue weighted by atomic mass is 35.5. The van der Waals surface area contributed by atoms with Gasteiger partial charge in [0.1, 0.15) is 5.82 Å². The molecule has 0 aliphatic carbocycles. The Balaban J connectivity index is 2.04. The van der Waals surface area contributed by atoms with Crippen LogP contribution in [0.2, 0.25) is 5.02 Å². The van der Waals surface area contributed by atoms with Gasteiger partial charge in [0.2, 0.25) is 5.91 Å². The number of nitrogens with one attached hydrogen (secondary N) is 1. The SMILES string of the molecule is CCN(C(=O)CNc1ccccc1Cl)c1ccc(F)cc1. The first-order valence-electron chi connectivity index (χ1n) is 6.66. The van der Waals surface area contributed by atoms with Crippen molar-refractivity contribution in [3.8, 4) is 0 Å². The van der Waals surface area contributed by atoms with Crippen molar-refractivity contribution in [2.45, 2.75) is 6.92 Å². The maximum Gasteiger partial charge on any atom is 0.246 e. The molecule has 0 heterocycles. The van der Waals surface area contributed by atoms with Gasteiger partial charge in [-0.25, -0.2) is 4.39 Å². The monoisotopic (exact) mass is 306 g/mol. The van der Waals surface area contributed by atoms with Gasteiger partial charge in [-0.05, 0) is 43.3 Å². The van der Waals surface area contributed by atoms with Crippen LogP contribution in [-0.4, -0.2) is 19.0 Å². The summed E-state index contributed by atoms with van der Waals surface area (Å²) in [6, 6.07) is 13.1. The van der Waals surface area contributed by atoms with Crippen molar-refractivity contribution < 1.29 is 9.18 Å². The Morgan fingerprint density at radius 1 is 1.19 bits per heavy atom. The number of halogens is 2. The summed E-state index contributed by atoms with van der Waals surface area (Å²) in [5, 5.41) is 3.58. The van der Waals surface area contributed by atoms with Crippen LogP contribution in [0.1, 0.15) is 6.92 Å². The largest absolute Gasteiger partial charge is 0.375 e. The van der Waals surface area contributed by atoms with E-state index in [9.17, 15) is 9.18 Å². The van der Waals surface area contributed by atoms with E-state index < -0.39 is 0 Å². The summed E-state index contributed by atoms with van der Waals surface area (Å²) in [6.45, 7) is 2.50. The Morgan fingerprint density at radius 3 is 2.48 bits per heavy atom. The van der Waals surface area contributed by atoms with Crippen LogP contribution >= 0.6 is 11.6 Å². The average molecular weight is 307 g/mol. The lowest BCUT2D eigenvalue weighted by Crippen LogP contribution is -2.35. The molecule has 0 aliphatic heterocycles. The quantitative estimate of drug-likeness (QED) is 0.907. The number of carbonyl (C=O) groups is 1. The van der Waals surface area contributed by atoms with Crippen molar-refractivity contribution in [1.82, 2.24) is 0 Å². The van der Waals surface area contributed by atoms with Crippen molar-refractivity contribution in [3.05, 3.63) is 59.4 Å². The van der Waals surface area contributed by atoms with Crippen LogP contribution in [0.15, 0.2) is 48.5 Å². The maximum atomic E-state index is 12.9. The third-order valence-electron chi connectivity index (χ3n) is 3.06. The van der Waals surface area contributed by atoms with Crippen LogP contribution in [-0.2, 0) is 4.79 Å². The molecule has 2 aromatic rings. The molecule has 0 spiro atoms. The van der Waals surface area contributed by atoms with Crippen molar-refractivity contribution in [1.29, 1.82) is 0 Å². The van der Waals surface area contributed by atoms with E-state index in [4.69, 9.17) is 11.6 Å². The fraction of sp³-hybridized carbons (Fsp3) is 0.188. The number of amides is 1. The van der Waals surface area contributed by atoms with Crippen molar-refractivity contribution in [3.63, 3.8) is 0 Å². The van der Waals surface area contributed by atoms with Gasteiger partial charge in [-0.15, -0.1) is 0 Å². The molecule has 0 bridgehead atoms. The molecular weight excluding hydrogens is 291 g/mol. The Morgan fingerprint density at radius 2 is 1.86 bits per heavy atom. The van der Waals surface area contributed by atoms with Crippen LogP contribution in [0, 0.1) is 5.82 Å². The van der Waals surface area contributed by atoms with Gasteiger partial charge in [-0.1, -0.05) is 23.7 Å². The molecule has 0 atom stereocenters. The number of hydrogen-bond acceptors (Lipinski definition) is 2. The van der Waals surface area contributed by atoms with Crippen molar-refractivity contribution in [2.24, 2.45) is 0 Å². The summed E-state index contributed by atoms with van der Waals surface area (Å²) in [7, 11) is 0. The first-order valence-corrected chi connectivity index (χ1v) is 7.04. The van der Waals surface area contributed by atoms with E-state index in [2.05, 4.69) is 5.32 Å². The second kappa shape index (κ2) is 7.09. The molecule has 1 N–H and O–H groups in total. The summed E-state index contributed by atoms with van der Waals surface area (Å²) in [6.07, 6.45) is 0. The first kappa shape index (κ1) is 15.3. The minimum Gasteiger partial charge on any atom is -0.375 e. The normalized spacial score (nSPS) is 10.2. The fourth-order valence-electron chi connectivity index (χ4n) is 1.99. The summed E-state index contributed by atoms with van der Waals surface area (Å²) in [5.74, 6) is -0.430. The summed E-state index contributed by atoms with van der Waals surface area (Å²) in [5.41, 5.74) is 1.38. The molecule has 5 heteroatoms. The Hall–Kier alpha value is -2.07. The Kier molecular flexibility index (Phi) is 5.17. The van der Waals surface area contributed by atoms with E-state index in [1.54, 1.807) is 23.1 Å². The van der Waals surface area contributed by atoms with Gasteiger partial charge in [0, 0.05) is 12.2 Å². The minimum atomic E-state index is -0.323. The third kappa shape index (κ3) is 3.95. The number of para-hydroxylation sites is 1. The van der Waals surface area contributed by atoms with Crippen molar-refractivity contribution in [2.75, 3.05) is 23.3 Å². The van der Waals surface area contributed by atoms with Gasteiger partial charge < -0.3 is 10.2 Å². The Labute approximate surface area is 128 Å². The van der Waals surface area contributed by atoms with Crippen molar-refractivity contribution >= 4 is 28.9 Å². The number of rotatable bonds is 5. The van der Waals surface area contributed by atoms with Gasteiger partial charge in [-0.3, -0.25) is 4.79 Å². The number of carbonyl (C=O) groups excluding carboxylic acids is 1. The summed E-state index contributed by atoms with van der Waals surface area (Å²) >= 11 is 6.03. The number of hydrogen-bond donors (Lipinski definition) is 1. The zero-order chi connectivity index (χ0) is 15.2. The lowest BCUT2D eigenvalue weighted by Gasteiger charge is -2.21. The van der Waals surface area contributed by atoms with E-state index in [0.29, 0.717) is 22.9 Å². The lowest BCUT2D eigenvalue weighted by atomic mass is 10.2. The van der Waals surface area contributed by atoms with E-state index in [0.717, 1.165) is 0 Å². The zero-order valence-corrected chi connectivity index (χ0v) is 12.4. The second-order valence-electron chi connectivity index (χ2n) is 4.45. The maximum absolute atomic E-state index is 12.9. The molecule has 0 unspecified atom stereocenters. The van der Waals surface area contributed by atoms with Crippen LogP contribution in [0.3, 0.4) is 0 Å². The second-order valence-corrected chi connectivity index (χ2v) is 4.86. The van der Waals surface area contributed by atoms with Gasteiger partial charge in [0.15, 0.2) is 0 Å². The molecule has 2 rings (SSSR count). The third-order valence-corrected chi connectivity index (χ3v) is 3.39. The topological polar surface area (TPSA) is 32.3 Å². The van der Waals surface area contributed by atoms with Crippen LogP contribution in [0.25, 0.3) is 0 Å². The number of benzene rings is 2. The fourth-order valence-corrected chi connectivity index (χ4v) is 2.20. The smallest absolute Gasteiger partial charge is 0.246 e. The van der Waals surface area contributed by atoms with E-state index in [1.807, 2.05) is 25.1 Å². The van der Waals surface area contributed by atoms with Crippen LogP contribution < -0.4 is 10.2 Å². The van der Waals surface area contributed by atoms with Gasteiger partial charge in [0.25, 0.3) is 0 Å². The first-order chi connectivity index (χ1) is 10.1. The molecule has 0 aliphatic rings. The molecule has 0 radical (unpaired) electrons. The molecule has 0 fully saturated rings. The average Bonchev–Trinajstić information content (AvgIpc) is 2.49.